The molecule has 0 saturated heterocycles. The van der Waals surface area contributed by atoms with Gasteiger partial charge in [-0.15, -0.1) is 0 Å². The second kappa shape index (κ2) is 6.21. The van der Waals surface area contributed by atoms with Crippen LogP contribution in [0.1, 0.15) is 0 Å². The summed E-state index contributed by atoms with van der Waals surface area (Å²) in [5.74, 6) is 0.818. The molecule has 0 fully saturated rings. The number of fused-ring (bicyclic) bond motifs is 3. The van der Waals surface area contributed by atoms with E-state index in [2.05, 4.69) is 9.97 Å². The van der Waals surface area contributed by atoms with Gasteiger partial charge in [-0.25, -0.2) is 4.68 Å². The molecule has 0 spiro atoms. The minimum atomic E-state index is 0.818. The van der Waals surface area contributed by atoms with E-state index in [9.17, 15) is 0 Å². The molecule has 0 unspecified atom stereocenters. The van der Waals surface area contributed by atoms with Crippen molar-refractivity contribution in [3.8, 4) is 22.7 Å². The summed E-state index contributed by atoms with van der Waals surface area (Å²) >= 11 is 0. The fourth-order valence-corrected chi connectivity index (χ4v) is 3.35. The molecule has 3 aromatic heterocycles. The van der Waals surface area contributed by atoms with Gasteiger partial charge in [-0.05, 0) is 42.5 Å². The van der Waals surface area contributed by atoms with E-state index >= 15 is 0 Å². The van der Waals surface area contributed by atoms with E-state index in [0.717, 1.165) is 44.5 Å². The number of hydrogen-bond donors (Lipinski definition) is 0. The van der Waals surface area contributed by atoms with Crippen LogP contribution in [0, 0.1) is 0 Å². The molecule has 0 aliphatic carbocycles. The first-order valence-electron chi connectivity index (χ1n) is 8.66. The highest BCUT2D eigenvalue weighted by Gasteiger charge is 2.17. The Balaban J connectivity index is 1.86. The first-order chi connectivity index (χ1) is 13.3. The van der Waals surface area contributed by atoms with Crippen molar-refractivity contribution < 1.29 is 4.74 Å². The highest BCUT2D eigenvalue weighted by Crippen LogP contribution is 2.33. The minimum absolute atomic E-state index is 0.818. The Hall–Kier alpha value is -3.73. The van der Waals surface area contributed by atoms with Crippen LogP contribution in [-0.4, -0.2) is 26.9 Å². The number of para-hydroxylation sites is 1. The van der Waals surface area contributed by atoms with E-state index in [1.54, 1.807) is 13.3 Å². The zero-order chi connectivity index (χ0) is 18.2. The molecule has 27 heavy (non-hydrogen) atoms. The molecule has 0 radical (unpaired) electrons. The van der Waals surface area contributed by atoms with Gasteiger partial charge in [-0.2, -0.15) is 5.10 Å². The monoisotopic (exact) mass is 352 g/mol. The number of pyridine rings is 2. The van der Waals surface area contributed by atoms with Crippen LogP contribution in [0.25, 0.3) is 38.8 Å². The van der Waals surface area contributed by atoms with Gasteiger partial charge < -0.3 is 4.74 Å². The van der Waals surface area contributed by atoms with Crippen molar-refractivity contribution in [1.82, 2.24) is 19.7 Å². The molecule has 0 aliphatic rings. The van der Waals surface area contributed by atoms with Crippen molar-refractivity contribution in [3.05, 3.63) is 79.3 Å². The Kier molecular flexibility index (Phi) is 3.57. The van der Waals surface area contributed by atoms with Crippen LogP contribution in [0.5, 0.6) is 5.75 Å². The number of methoxy groups -OCH3 is 1. The molecule has 5 heteroatoms. The molecular weight excluding hydrogens is 336 g/mol. The number of aromatic nitrogens is 4. The summed E-state index contributed by atoms with van der Waals surface area (Å²) in [7, 11) is 1.66. The number of hydrogen-bond acceptors (Lipinski definition) is 4. The lowest BCUT2D eigenvalue weighted by Crippen LogP contribution is -1.97. The number of benzene rings is 2. The Labute approximate surface area is 155 Å². The molecule has 3 heterocycles. The molecule has 0 bridgehead atoms. The van der Waals surface area contributed by atoms with Gasteiger partial charge in [0.2, 0.25) is 0 Å². The van der Waals surface area contributed by atoms with Crippen LogP contribution in [0.15, 0.2) is 79.3 Å². The van der Waals surface area contributed by atoms with E-state index in [-0.39, 0.29) is 0 Å². The van der Waals surface area contributed by atoms with E-state index < -0.39 is 0 Å². The Morgan fingerprint density at radius 1 is 0.852 bits per heavy atom. The fourth-order valence-electron chi connectivity index (χ4n) is 3.35. The van der Waals surface area contributed by atoms with Gasteiger partial charge in [0.25, 0.3) is 0 Å². The van der Waals surface area contributed by atoms with E-state index in [4.69, 9.17) is 9.84 Å². The van der Waals surface area contributed by atoms with Crippen LogP contribution >= 0.6 is 0 Å². The van der Waals surface area contributed by atoms with Crippen LogP contribution < -0.4 is 4.74 Å². The molecule has 0 atom stereocenters. The maximum atomic E-state index is 5.28. The van der Waals surface area contributed by atoms with Crippen molar-refractivity contribution in [3.63, 3.8) is 0 Å². The van der Waals surface area contributed by atoms with E-state index in [1.807, 2.05) is 77.7 Å². The van der Waals surface area contributed by atoms with Crippen LogP contribution in [0.4, 0.5) is 0 Å². The van der Waals surface area contributed by atoms with Crippen LogP contribution in [0.3, 0.4) is 0 Å². The largest absolute Gasteiger partial charge is 0.497 e. The van der Waals surface area contributed by atoms with Crippen molar-refractivity contribution in [2.75, 3.05) is 7.11 Å². The molecule has 0 N–H and O–H groups in total. The van der Waals surface area contributed by atoms with Crippen molar-refractivity contribution >= 4 is 21.8 Å². The molecule has 5 rings (SSSR count). The smallest absolute Gasteiger partial charge is 0.118 e. The summed E-state index contributed by atoms with van der Waals surface area (Å²) in [5, 5.41) is 6.91. The van der Waals surface area contributed by atoms with Gasteiger partial charge in [0.05, 0.1) is 23.8 Å². The van der Waals surface area contributed by atoms with Crippen LogP contribution in [0.2, 0.25) is 0 Å². The number of ether oxygens (including phenoxy) is 1. The third-order valence-corrected chi connectivity index (χ3v) is 4.67. The predicted octanol–water partition coefficient (Wildman–Crippen LogP) is 4.64. The first-order valence-corrected chi connectivity index (χ1v) is 8.66. The highest BCUT2D eigenvalue weighted by molar-refractivity contribution is 6.08. The topological polar surface area (TPSA) is 52.8 Å². The summed E-state index contributed by atoms with van der Waals surface area (Å²) < 4.78 is 7.25. The van der Waals surface area contributed by atoms with Gasteiger partial charge >= 0.3 is 0 Å². The Morgan fingerprint density at radius 3 is 2.44 bits per heavy atom. The standard InChI is InChI=1S/C22H16N4O/c1-27-17-9-7-15(8-10-17)21-19-14-24-20-11-12-23-13-18(20)22(19)26(25-21)16-5-3-2-4-6-16/h2-14H,1H3. The molecule has 130 valence electrons. The molecular formula is C22H16N4O. The second-order valence-electron chi connectivity index (χ2n) is 6.24. The van der Waals surface area contributed by atoms with Crippen LogP contribution in [-0.2, 0) is 0 Å². The first kappa shape index (κ1) is 15.5. The second-order valence-corrected chi connectivity index (χ2v) is 6.24. The van der Waals surface area contributed by atoms with Gasteiger partial charge in [0, 0.05) is 34.9 Å². The third kappa shape index (κ3) is 2.52. The van der Waals surface area contributed by atoms with Gasteiger partial charge in [-0.1, -0.05) is 18.2 Å². The lowest BCUT2D eigenvalue weighted by Gasteiger charge is -2.05. The number of nitrogens with zero attached hydrogens (tertiary/aromatic N) is 4. The van der Waals surface area contributed by atoms with Gasteiger partial charge in [-0.3, -0.25) is 9.97 Å². The lowest BCUT2D eigenvalue weighted by molar-refractivity contribution is 0.415. The third-order valence-electron chi connectivity index (χ3n) is 4.67. The molecule has 0 saturated carbocycles. The summed E-state index contributed by atoms with van der Waals surface area (Å²) in [4.78, 5) is 8.92. The Bertz CT molecular complexity index is 1240. The average molecular weight is 352 g/mol. The quantitative estimate of drug-likeness (QED) is 0.474. The SMILES string of the molecule is COc1ccc(-c2nn(-c3ccccc3)c3c2cnc2ccncc23)cc1. The maximum Gasteiger partial charge on any atom is 0.118 e. The van der Waals surface area contributed by atoms with Crippen molar-refractivity contribution in [2.24, 2.45) is 0 Å². The van der Waals surface area contributed by atoms with E-state index in [0.29, 0.717) is 0 Å². The normalized spacial score (nSPS) is 11.1. The average Bonchev–Trinajstić information content (AvgIpc) is 3.15. The predicted molar refractivity (Wildman–Crippen MR) is 106 cm³/mol. The summed E-state index contributed by atoms with van der Waals surface area (Å²) in [6.45, 7) is 0. The summed E-state index contributed by atoms with van der Waals surface area (Å²) in [6, 6.07) is 20.0. The fraction of sp³-hybridized carbons (Fsp3) is 0.0455. The molecule has 5 aromatic rings. The van der Waals surface area contributed by atoms with Gasteiger partial charge in [0.1, 0.15) is 11.4 Å². The minimum Gasteiger partial charge on any atom is -0.497 e. The summed E-state index contributed by atoms with van der Waals surface area (Å²) in [6.07, 6.45) is 5.50. The molecule has 0 amide bonds. The van der Waals surface area contributed by atoms with E-state index in [1.165, 1.54) is 0 Å². The molecule has 5 nitrogen and oxygen atoms in total. The number of rotatable bonds is 3. The zero-order valence-electron chi connectivity index (χ0n) is 14.7. The van der Waals surface area contributed by atoms with Gasteiger partial charge in [0.15, 0.2) is 0 Å². The lowest BCUT2D eigenvalue weighted by atomic mass is 10.1. The van der Waals surface area contributed by atoms with Crippen molar-refractivity contribution in [1.29, 1.82) is 0 Å². The zero-order valence-corrected chi connectivity index (χ0v) is 14.7. The molecule has 2 aromatic carbocycles. The summed E-state index contributed by atoms with van der Waals surface area (Å²) in [5.41, 5.74) is 4.80. The van der Waals surface area contributed by atoms with Crippen molar-refractivity contribution in [2.45, 2.75) is 0 Å². The molecule has 0 aliphatic heterocycles. The maximum absolute atomic E-state index is 5.28. The highest BCUT2D eigenvalue weighted by atomic mass is 16.5. The Morgan fingerprint density at radius 2 is 1.67 bits per heavy atom.